The number of rotatable bonds is 4. The van der Waals surface area contributed by atoms with E-state index in [9.17, 15) is 9.59 Å². The van der Waals surface area contributed by atoms with E-state index in [4.69, 9.17) is 0 Å². The summed E-state index contributed by atoms with van der Waals surface area (Å²) < 4.78 is 0. The molecule has 0 unspecified atom stereocenters. The Morgan fingerprint density at radius 3 is 2.16 bits per heavy atom. The second-order valence-electron chi connectivity index (χ2n) is 7.03. The molecule has 2 rings (SSSR count). The zero-order valence-electron chi connectivity index (χ0n) is 15.4. The quantitative estimate of drug-likeness (QED) is 0.848. The van der Waals surface area contributed by atoms with Gasteiger partial charge >= 0.3 is 0 Å². The SMILES string of the molecule is CCCc1ccccc1C(=O)N(NC(=O)c1ccccc1)C(C)(C)C. The highest BCUT2D eigenvalue weighted by Crippen LogP contribution is 2.19. The summed E-state index contributed by atoms with van der Waals surface area (Å²) in [6.07, 6.45) is 1.78. The average molecular weight is 338 g/mol. The van der Waals surface area contributed by atoms with Crippen molar-refractivity contribution in [1.82, 2.24) is 10.4 Å². The Morgan fingerprint density at radius 2 is 1.56 bits per heavy atom. The monoisotopic (exact) mass is 338 g/mol. The van der Waals surface area contributed by atoms with Gasteiger partial charge in [-0.3, -0.25) is 15.0 Å². The number of hydrogen-bond acceptors (Lipinski definition) is 2. The molecule has 0 saturated carbocycles. The highest BCUT2D eigenvalue weighted by atomic mass is 16.2. The third-order valence-corrected chi connectivity index (χ3v) is 3.89. The Kier molecular flexibility index (Phi) is 5.97. The van der Waals surface area contributed by atoms with E-state index in [0.29, 0.717) is 11.1 Å². The maximum Gasteiger partial charge on any atom is 0.273 e. The van der Waals surface area contributed by atoms with Gasteiger partial charge in [0.2, 0.25) is 0 Å². The molecule has 4 nitrogen and oxygen atoms in total. The van der Waals surface area contributed by atoms with Gasteiger partial charge in [-0.2, -0.15) is 0 Å². The number of amides is 2. The van der Waals surface area contributed by atoms with Gasteiger partial charge in [-0.05, 0) is 51.0 Å². The zero-order chi connectivity index (χ0) is 18.4. The van der Waals surface area contributed by atoms with Gasteiger partial charge in [-0.15, -0.1) is 0 Å². The summed E-state index contributed by atoms with van der Waals surface area (Å²) in [4.78, 5) is 25.7. The van der Waals surface area contributed by atoms with E-state index in [0.717, 1.165) is 18.4 Å². The van der Waals surface area contributed by atoms with Crippen LogP contribution in [0.25, 0.3) is 0 Å². The van der Waals surface area contributed by atoms with E-state index < -0.39 is 5.54 Å². The highest BCUT2D eigenvalue weighted by Gasteiger charge is 2.30. The molecule has 0 fully saturated rings. The van der Waals surface area contributed by atoms with Crippen LogP contribution in [-0.4, -0.2) is 22.4 Å². The first kappa shape index (κ1) is 18.7. The van der Waals surface area contributed by atoms with Crippen LogP contribution in [0.15, 0.2) is 54.6 Å². The predicted molar refractivity (Wildman–Crippen MR) is 100 cm³/mol. The molecule has 0 heterocycles. The van der Waals surface area contributed by atoms with Gasteiger partial charge in [-0.1, -0.05) is 49.7 Å². The summed E-state index contributed by atoms with van der Waals surface area (Å²) in [5.74, 6) is -0.488. The summed E-state index contributed by atoms with van der Waals surface area (Å²) in [6.45, 7) is 7.79. The molecule has 0 spiro atoms. The fraction of sp³-hybridized carbons (Fsp3) is 0.333. The number of carbonyl (C=O) groups excluding carboxylic acids is 2. The molecule has 25 heavy (non-hydrogen) atoms. The summed E-state index contributed by atoms with van der Waals surface area (Å²) in [5, 5.41) is 1.43. The average Bonchev–Trinajstić information content (AvgIpc) is 2.59. The molecule has 1 N–H and O–H groups in total. The molecule has 0 radical (unpaired) electrons. The lowest BCUT2D eigenvalue weighted by Gasteiger charge is -2.36. The number of hydrogen-bond donors (Lipinski definition) is 1. The standard InChI is InChI=1S/C21H26N2O2/c1-5-11-16-12-9-10-15-18(16)20(25)23(21(2,3)4)22-19(24)17-13-7-6-8-14-17/h6-10,12-15H,5,11H2,1-4H3,(H,22,24). The van der Waals surface area contributed by atoms with Crippen molar-refractivity contribution < 1.29 is 9.59 Å². The minimum absolute atomic E-state index is 0.194. The van der Waals surface area contributed by atoms with E-state index in [1.807, 2.05) is 51.1 Å². The van der Waals surface area contributed by atoms with Crippen molar-refractivity contribution in [3.8, 4) is 0 Å². The van der Waals surface area contributed by atoms with Crippen molar-refractivity contribution in [2.45, 2.75) is 46.1 Å². The van der Waals surface area contributed by atoms with Crippen molar-refractivity contribution >= 4 is 11.8 Å². The molecular weight excluding hydrogens is 312 g/mol. The molecule has 0 atom stereocenters. The maximum absolute atomic E-state index is 13.2. The van der Waals surface area contributed by atoms with Crippen LogP contribution in [0.2, 0.25) is 0 Å². The summed E-state index contributed by atoms with van der Waals surface area (Å²) in [5.41, 5.74) is 4.38. The first-order valence-electron chi connectivity index (χ1n) is 8.63. The number of carbonyl (C=O) groups is 2. The first-order chi connectivity index (χ1) is 11.8. The Hall–Kier alpha value is -2.62. The van der Waals surface area contributed by atoms with Crippen molar-refractivity contribution in [2.75, 3.05) is 0 Å². The van der Waals surface area contributed by atoms with E-state index in [1.165, 1.54) is 5.01 Å². The predicted octanol–water partition coefficient (Wildman–Crippen LogP) is 4.22. The molecule has 0 aromatic heterocycles. The first-order valence-corrected chi connectivity index (χ1v) is 8.63. The van der Waals surface area contributed by atoms with Crippen molar-refractivity contribution in [2.24, 2.45) is 0 Å². The Labute approximate surface area is 149 Å². The summed E-state index contributed by atoms with van der Waals surface area (Å²) >= 11 is 0. The minimum Gasteiger partial charge on any atom is -0.267 e. The largest absolute Gasteiger partial charge is 0.273 e. The summed E-state index contributed by atoms with van der Waals surface area (Å²) in [7, 11) is 0. The second kappa shape index (κ2) is 7.97. The van der Waals surface area contributed by atoms with Crippen LogP contribution in [0.4, 0.5) is 0 Å². The normalized spacial score (nSPS) is 11.0. The Balaban J connectivity index is 2.32. The molecule has 0 aliphatic heterocycles. The van der Waals surface area contributed by atoms with Crippen molar-refractivity contribution in [3.05, 3.63) is 71.3 Å². The molecule has 2 amide bonds. The zero-order valence-corrected chi connectivity index (χ0v) is 15.4. The summed E-state index contributed by atoms with van der Waals surface area (Å²) in [6, 6.07) is 16.5. The third-order valence-electron chi connectivity index (χ3n) is 3.89. The van der Waals surface area contributed by atoms with Gasteiger partial charge in [0, 0.05) is 11.1 Å². The molecule has 0 bridgehead atoms. The van der Waals surface area contributed by atoms with Crippen LogP contribution in [0, 0.1) is 0 Å². The highest BCUT2D eigenvalue weighted by molar-refractivity contribution is 6.00. The number of aryl methyl sites for hydroxylation is 1. The fourth-order valence-electron chi connectivity index (χ4n) is 2.62. The van der Waals surface area contributed by atoms with Crippen LogP contribution >= 0.6 is 0 Å². The second-order valence-corrected chi connectivity index (χ2v) is 7.03. The molecule has 2 aromatic rings. The molecule has 0 aliphatic carbocycles. The van der Waals surface area contributed by atoms with Crippen LogP contribution in [-0.2, 0) is 6.42 Å². The van der Waals surface area contributed by atoms with Gasteiger partial charge in [0.25, 0.3) is 11.8 Å². The Bertz CT molecular complexity index is 733. The minimum atomic E-state index is -0.555. The van der Waals surface area contributed by atoms with E-state index in [1.54, 1.807) is 24.3 Å². The van der Waals surface area contributed by atoms with E-state index in [-0.39, 0.29) is 11.8 Å². The molecule has 2 aromatic carbocycles. The lowest BCUT2D eigenvalue weighted by Crippen LogP contribution is -2.56. The molecule has 0 saturated heterocycles. The molecule has 4 heteroatoms. The van der Waals surface area contributed by atoms with Gasteiger partial charge in [0.05, 0.1) is 5.54 Å². The third kappa shape index (κ3) is 4.69. The van der Waals surface area contributed by atoms with Crippen LogP contribution in [0.5, 0.6) is 0 Å². The molecule has 0 aliphatic rings. The van der Waals surface area contributed by atoms with Crippen LogP contribution in [0.1, 0.15) is 60.4 Å². The van der Waals surface area contributed by atoms with Gasteiger partial charge in [-0.25, -0.2) is 5.01 Å². The van der Waals surface area contributed by atoms with Crippen molar-refractivity contribution in [1.29, 1.82) is 0 Å². The Morgan fingerprint density at radius 1 is 0.960 bits per heavy atom. The number of nitrogens with zero attached hydrogens (tertiary/aromatic N) is 1. The lowest BCUT2D eigenvalue weighted by atomic mass is 10.0. The van der Waals surface area contributed by atoms with Gasteiger partial charge in [0.15, 0.2) is 0 Å². The van der Waals surface area contributed by atoms with Crippen molar-refractivity contribution in [3.63, 3.8) is 0 Å². The fourth-order valence-corrected chi connectivity index (χ4v) is 2.62. The van der Waals surface area contributed by atoms with Gasteiger partial charge in [0.1, 0.15) is 0 Å². The number of hydrazine groups is 1. The molecule has 132 valence electrons. The van der Waals surface area contributed by atoms with E-state index >= 15 is 0 Å². The van der Waals surface area contributed by atoms with E-state index in [2.05, 4.69) is 12.3 Å². The topological polar surface area (TPSA) is 49.4 Å². The molecular formula is C21H26N2O2. The lowest BCUT2D eigenvalue weighted by molar-refractivity contribution is 0.0357. The van der Waals surface area contributed by atoms with Gasteiger partial charge < -0.3 is 0 Å². The number of benzene rings is 2. The smallest absolute Gasteiger partial charge is 0.267 e. The van der Waals surface area contributed by atoms with Crippen LogP contribution < -0.4 is 5.43 Å². The number of nitrogens with one attached hydrogen (secondary N) is 1. The maximum atomic E-state index is 13.2. The van der Waals surface area contributed by atoms with Crippen LogP contribution in [0.3, 0.4) is 0 Å².